The summed E-state index contributed by atoms with van der Waals surface area (Å²) in [5.74, 6) is 0.821. The van der Waals surface area contributed by atoms with Crippen LogP contribution in [0.25, 0.3) is 0 Å². The maximum absolute atomic E-state index is 9.66. The lowest BCUT2D eigenvalue weighted by atomic mass is 10.1. The van der Waals surface area contributed by atoms with Gasteiger partial charge < -0.3 is 14.6 Å². The lowest BCUT2D eigenvalue weighted by Crippen LogP contribution is -2.07. The molecule has 0 unspecified atom stereocenters. The number of hydrogen-bond acceptors (Lipinski definition) is 3. The molecule has 0 aliphatic carbocycles. The number of rotatable bonds is 9. The summed E-state index contributed by atoms with van der Waals surface area (Å²) in [7, 11) is 0. The van der Waals surface area contributed by atoms with E-state index in [1.54, 1.807) is 0 Å². The normalized spacial score (nSPS) is 12.4. The highest BCUT2D eigenvalue weighted by Gasteiger charge is 2.04. The molecule has 0 heterocycles. The molecular formula is C15H24O3. The van der Waals surface area contributed by atoms with E-state index < -0.39 is 0 Å². The molecule has 0 spiro atoms. The van der Waals surface area contributed by atoms with Gasteiger partial charge in [0.15, 0.2) is 0 Å². The van der Waals surface area contributed by atoms with Crippen LogP contribution in [0.4, 0.5) is 0 Å². The number of aliphatic hydroxyl groups is 1. The van der Waals surface area contributed by atoms with E-state index in [9.17, 15) is 5.11 Å². The summed E-state index contributed by atoms with van der Waals surface area (Å²) in [4.78, 5) is 0. The third-order valence-corrected chi connectivity index (χ3v) is 2.79. The Morgan fingerprint density at radius 3 is 2.39 bits per heavy atom. The van der Waals surface area contributed by atoms with Crippen molar-refractivity contribution in [3.8, 4) is 5.75 Å². The summed E-state index contributed by atoms with van der Waals surface area (Å²) in [6, 6.07) is 7.59. The van der Waals surface area contributed by atoms with E-state index in [4.69, 9.17) is 9.47 Å². The minimum absolute atomic E-state index is 0.378. The molecule has 0 bridgehead atoms. The summed E-state index contributed by atoms with van der Waals surface area (Å²) >= 11 is 0. The Bertz CT molecular complexity index is 308. The van der Waals surface area contributed by atoms with Gasteiger partial charge >= 0.3 is 0 Å². The van der Waals surface area contributed by atoms with E-state index in [2.05, 4.69) is 6.92 Å². The molecule has 0 radical (unpaired) electrons. The highest BCUT2D eigenvalue weighted by molar-refractivity contribution is 5.28. The van der Waals surface area contributed by atoms with Gasteiger partial charge in [-0.15, -0.1) is 0 Å². The van der Waals surface area contributed by atoms with Gasteiger partial charge in [-0.3, -0.25) is 0 Å². The number of aliphatic hydroxyl groups excluding tert-OH is 1. The quantitative estimate of drug-likeness (QED) is 0.685. The van der Waals surface area contributed by atoms with E-state index in [0.29, 0.717) is 13.2 Å². The predicted molar refractivity (Wildman–Crippen MR) is 72.9 cm³/mol. The lowest BCUT2D eigenvalue weighted by Gasteiger charge is -2.10. The minimum Gasteiger partial charge on any atom is -0.491 e. The SMILES string of the molecule is CCCCOCCOc1ccc([C@H](O)CC)cc1. The first kappa shape index (κ1) is 15.0. The van der Waals surface area contributed by atoms with Crippen molar-refractivity contribution in [3.05, 3.63) is 29.8 Å². The van der Waals surface area contributed by atoms with Crippen molar-refractivity contribution in [2.24, 2.45) is 0 Å². The van der Waals surface area contributed by atoms with E-state index in [-0.39, 0.29) is 6.10 Å². The topological polar surface area (TPSA) is 38.7 Å². The Labute approximate surface area is 110 Å². The molecule has 102 valence electrons. The van der Waals surface area contributed by atoms with Crippen LogP contribution in [0.3, 0.4) is 0 Å². The van der Waals surface area contributed by atoms with Gasteiger partial charge in [-0.25, -0.2) is 0 Å². The summed E-state index contributed by atoms with van der Waals surface area (Å²) in [5.41, 5.74) is 0.934. The third-order valence-electron chi connectivity index (χ3n) is 2.79. The molecule has 0 aromatic heterocycles. The Morgan fingerprint density at radius 2 is 1.78 bits per heavy atom. The largest absolute Gasteiger partial charge is 0.491 e. The van der Waals surface area contributed by atoms with Crippen LogP contribution < -0.4 is 4.74 Å². The monoisotopic (exact) mass is 252 g/mol. The van der Waals surface area contributed by atoms with Gasteiger partial charge in [0.05, 0.1) is 12.7 Å². The zero-order chi connectivity index (χ0) is 13.2. The minimum atomic E-state index is -0.378. The molecule has 0 saturated heterocycles. The third kappa shape index (κ3) is 5.52. The molecule has 3 heteroatoms. The van der Waals surface area contributed by atoms with Crippen LogP contribution in [0.15, 0.2) is 24.3 Å². The molecule has 0 saturated carbocycles. The molecule has 1 rings (SSSR count). The van der Waals surface area contributed by atoms with Gasteiger partial charge in [-0.05, 0) is 30.5 Å². The van der Waals surface area contributed by atoms with Crippen LogP contribution in [0.2, 0.25) is 0 Å². The fraction of sp³-hybridized carbons (Fsp3) is 0.600. The first-order valence-electron chi connectivity index (χ1n) is 6.76. The molecule has 3 nitrogen and oxygen atoms in total. The molecule has 1 N–H and O–H groups in total. The van der Waals surface area contributed by atoms with Crippen LogP contribution in [0.1, 0.15) is 44.8 Å². The van der Waals surface area contributed by atoms with Gasteiger partial charge in [0, 0.05) is 6.61 Å². The molecule has 0 aliphatic rings. The van der Waals surface area contributed by atoms with Crippen LogP contribution in [-0.4, -0.2) is 24.9 Å². The first-order chi connectivity index (χ1) is 8.77. The smallest absolute Gasteiger partial charge is 0.119 e. The number of hydrogen-bond donors (Lipinski definition) is 1. The maximum Gasteiger partial charge on any atom is 0.119 e. The average molecular weight is 252 g/mol. The van der Waals surface area contributed by atoms with E-state index in [1.807, 2.05) is 31.2 Å². The summed E-state index contributed by atoms with van der Waals surface area (Å²) in [6.07, 6.45) is 2.60. The summed E-state index contributed by atoms with van der Waals surface area (Å²) in [6.45, 7) is 6.11. The zero-order valence-electron chi connectivity index (χ0n) is 11.4. The van der Waals surface area contributed by atoms with Gasteiger partial charge in [0.25, 0.3) is 0 Å². The van der Waals surface area contributed by atoms with Crippen LogP contribution in [0, 0.1) is 0 Å². The predicted octanol–water partition coefficient (Wildman–Crippen LogP) is 3.33. The van der Waals surface area contributed by atoms with Crippen LogP contribution in [0.5, 0.6) is 5.75 Å². The highest BCUT2D eigenvalue weighted by atomic mass is 16.5. The maximum atomic E-state index is 9.66. The fourth-order valence-electron chi connectivity index (χ4n) is 1.59. The molecular weight excluding hydrogens is 228 g/mol. The lowest BCUT2D eigenvalue weighted by molar-refractivity contribution is 0.0980. The number of ether oxygens (including phenoxy) is 2. The van der Waals surface area contributed by atoms with Crippen LogP contribution in [-0.2, 0) is 4.74 Å². The van der Waals surface area contributed by atoms with Crippen molar-refractivity contribution < 1.29 is 14.6 Å². The van der Waals surface area contributed by atoms with Crippen molar-refractivity contribution in [1.82, 2.24) is 0 Å². The standard InChI is InChI=1S/C15H24O3/c1-3-5-10-17-11-12-18-14-8-6-13(7-9-14)15(16)4-2/h6-9,15-16H,3-5,10-12H2,1-2H3/t15-/m1/s1. The molecule has 0 fully saturated rings. The molecule has 0 aliphatic heterocycles. The van der Waals surface area contributed by atoms with Crippen molar-refractivity contribution in [1.29, 1.82) is 0 Å². The number of unbranched alkanes of at least 4 members (excludes halogenated alkanes) is 1. The van der Waals surface area contributed by atoms with Crippen molar-refractivity contribution in [2.45, 2.75) is 39.2 Å². The van der Waals surface area contributed by atoms with E-state index in [0.717, 1.165) is 37.2 Å². The number of benzene rings is 1. The fourth-order valence-corrected chi connectivity index (χ4v) is 1.59. The van der Waals surface area contributed by atoms with Crippen molar-refractivity contribution in [2.75, 3.05) is 19.8 Å². The Morgan fingerprint density at radius 1 is 1.06 bits per heavy atom. The zero-order valence-corrected chi connectivity index (χ0v) is 11.4. The Hall–Kier alpha value is -1.06. The second kappa shape index (κ2) is 8.95. The second-order valence-electron chi connectivity index (χ2n) is 4.31. The molecule has 1 atom stereocenters. The van der Waals surface area contributed by atoms with Gasteiger partial charge in [-0.2, -0.15) is 0 Å². The molecule has 18 heavy (non-hydrogen) atoms. The first-order valence-corrected chi connectivity index (χ1v) is 6.76. The molecule has 1 aromatic rings. The van der Waals surface area contributed by atoms with E-state index in [1.165, 1.54) is 0 Å². The van der Waals surface area contributed by atoms with Gasteiger partial charge in [-0.1, -0.05) is 32.4 Å². The Kier molecular flexibility index (Phi) is 7.46. The Balaban J connectivity index is 2.22. The second-order valence-corrected chi connectivity index (χ2v) is 4.31. The van der Waals surface area contributed by atoms with Crippen LogP contribution >= 0.6 is 0 Å². The molecule has 0 amide bonds. The highest BCUT2D eigenvalue weighted by Crippen LogP contribution is 2.19. The molecule has 1 aromatic carbocycles. The van der Waals surface area contributed by atoms with E-state index >= 15 is 0 Å². The summed E-state index contributed by atoms with van der Waals surface area (Å²) in [5, 5.41) is 9.66. The average Bonchev–Trinajstić information content (AvgIpc) is 2.42. The van der Waals surface area contributed by atoms with Crippen molar-refractivity contribution >= 4 is 0 Å². The summed E-state index contributed by atoms with van der Waals surface area (Å²) < 4.78 is 11.0. The van der Waals surface area contributed by atoms with Gasteiger partial charge in [0.2, 0.25) is 0 Å². The van der Waals surface area contributed by atoms with Gasteiger partial charge in [0.1, 0.15) is 12.4 Å². The van der Waals surface area contributed by atoms with Crippen molar-refractivity contribution in [3.63, 3.8) is 0 Å².